The molecule has 5 nitrogen and oxygen atoms in total. The lowest BCUT2D eigenvalue weighted by atomic mass is 9.82. The molecule has 5 rings (SSSR count). The first-order chi connectivity index (χ1) is 13.2. The number of fused-ring (bicyclic) bond motifs is 2. The molecule has 3 saturated carbocycles. The van der Waals surface area contributed by atoms with Gasteiger partial charge in [-0.3, -0.25) is 9.89 Å². The molecular formula is C22H34N4O. The Kier molecular flexibility index (Phi) is 4.75. The molecule has 1 aliphatic heterocycles. The van der Waals surface area contributed by atoms with Gasteiger partial charge in [0.1, 0.15) is 0 Å². The average molecular weight is 371 g/mol. The van der Waals surface area contributed by atoms with Crippen molar-refractivity contribution in [2.75, 3.05) is 25.0 Å². The highest BCUT2D eigenvalue weighted by Crippen LogP contribution is 2.54. The first kappa shape index (κ1) is 17.7. The molecule has 2 heterocycles. The molecule has 0 radical (unpaired) electrons. The number of anilines is 1. The minimum absolute atomic E-state index is 0.199. The van der Waals surface area contributed by atoms with Crippen LogP contribution in [0.3, 0.4) is 0 Å². The number of carbonyl (C=O) groups is 1. The van der Waals surface area contributed by atoms with Crippen LogP contribution in [0.5, 0.6) is 0 Å². The number of rotatable bonds is 5. The van der Waals surface area contributed by atoms with Crippen molar-refractivity contribution in [1.82, 2.24) is 15.1 Å². The number of amides is 1. The van der Waals surface area contributed by atoms with Gasteiger partial charge in [0.05, 0.1) is 17.6 Å². The van der Waals surface area contributed by atoms with E-state index in [0.29, 0.717) is 11.3 Å². The van der Waals surface area contributed by atoms with E-state index in [2.05, 4.69) is 20.4 Å². The van der Waals surface area contributed by atoms with E-state index in [1.807, 2.05) is 6.20 Å². The molecule has 3 aliphatic carbocycles. The Bertz CT molecular complexity index is 670. The lowest BCUT2D eigenvalue weighted by molar-refractivity contribution is -0.119. The number of nitrogens with zero attached hydrogens (tertiary/aromatic N) is 2. The summed E-state index contributed by atoms with van der Waals surface area (Å²) in [4.78, 5) is 15.3. The number of aromatic amines is 1. The molecule has 1 atom stereocenters. The number of nitrogens with one attached hydrogen (secondary N) is 2. The van der Waals surface area contributed by atoms with Gasteiger partial charge in [0, 0.05) is 24.9 Å². The summed E-state index contributed by atoms with van der Waals surface area (Å²) in [6.45, 7) is 3.64. The summed E-state index contributed by atoms with van der Waals surface area (Å²) in [5.74, 6) is 1.89. The fourth-order valence-electron chi connectivity index (χ4n) is 6.57. The summed E-state index contributed by atoms with van der Waals surface area (Å²) in [6.07, 6.45) is 16.0. The number of hydrogen-bond acceptors (Lipinski definition) is 3. The molecule has 0 aromatic carbocycles. The SMILES string of the molecule is O=C(Nc1cn[nH]c1C1CCCN(CC23CCC(CC2)C3)C1)C1CCCC1. The van der Waals surface area contributed by atoms with E-state index < -0.39 is 0 Å². The molecule has 1 amide bonds. The number of H-pyrrole nitrogens is 1. The quantitative estimate of drug-likeness (QED) is 0.812. The van der Waals surface area contributed by atoms with Gasteiger partial charge < -0.3 is 10.2 Å². The van der Waals surface area contributed by atoms with Crippen LogP contribution >= 0.6 is 0 Å². The maximum absolute atomic E-state index is 12.6. The summed E-state index contributed by atoms with van der Waals surface area (Å²) in [5.41, 5.74) is 2.71. The van der Waals surface area contributed by atoms with E-state index in [0.717, 1.165) is 36.7 Å². The van der Waals surface area contributed by atoms with Crippen LogP contribution in [0.4, 0.5) is 5.69 Å². The predicted molar refractivity (Wildman–Crippen MR) is 107 cm³/mol. The zero-order valence-corrected chi connectivity index (χ0v) is 16.5. The molecule has 2 N–H and O–H groups in total. The van der Waals surface area contributed by atoms with Gasteiger partial charge in [-0.05, 0) is 75.7 Å². The number of carbonyl (C=O) groups excluding carboxylic acids is 1. The predicted octanol–water partition coefficient (Wildman–Crippen LogP) is 4.30. The third-order valence-electron chi connectivity index (χ3n) is 8.01. The van der Waals surface area contributed by atoms with Gasteiger partial charge in [-0.15, -0.1) is 0 Å². The van der Waals surface area contributed by atoms with E-state index in [9.17, 15) is 4.79 Å². The minimum atomic E-state index is 0.199. The zero-order chi connectivity index (χ0) is 18.3. The third-order valence-corrected chi connectivity index (χ3v) is 8.01. The number of likely N-dealkylation sites (tertiary alicyclic amines) is 1. The topological polar surface area (TPSA) is 61.0 Å². The molecule has 27 heavy (non-hydrogen) atoms. The summed E-state index contributed by atoms with van der Waals surface area (Å²) in [5, 5.41) is 10.7. The summed E-state index contributed by atoms with van der Waals surface area (Å²) >= 11 is 0. The van der Waals surface area contributed by atoms with Gasteiger partial charge in [0.15, 0.2) is 0 Å². The molecule has 0 spiro atoms. The van der Waals surface area contributed by atoms with Crippen LogP contribution in [-0.4, -0.2) is 40.6 Å². The minimum Gasteiger partial charge on any atom is -0.323 e. The number of piperidine rings is 1. The van der Waals surface area contributed by atoms with Gasteiger partial charge in [-0.2, -0.15) is 5.10 Å². The Morgan fingerprint density at radius 2 is 2.00 bits per heavy atom. The van der Waals surface area contributed by atoms with Crippen LogP contribution in [0.25, 0.3) is 0 Å². The van der Waals surface area contributed by atoms with Crippen molar-refractivity contribution in [1.29, 1.82) is 0 Å². The van der Waals surface area contributed by atoms with Crippen LogP contribution in [0, 0.1) is 17.3 Å². The largest absolute Gasteiger partial charge is 0.323 e. The van der Waals surface area contributed by atoms with Crippen molar-refractivity contribution in [3.8, 4) is 0 Å². The molecule has 148 valence electrons. The normalized spacial score (nSPS) is 34.4. The zero-order valence-electron chi connectivity index (χ0n) is 16.5. The second kappa shape index (κ2) is 7.23. The van der Waals surface area contributed by atoms with Crippen molar-refractivity contribution in [2.45, 2.75) is 76.5 Å². The first-order valence-corrected chi connectivity index (χ1v) is 11.3. The highest BCUT2D eigenvalue weighted by molar-refractivity contribution is 5.93. The van der Waals surface area contributed by atoms with Crippen molar-refractivity contribution in [3.05, 3.63) is 11.9 Å². The second-order valence-corrected chi connectivity index (χ2v) is 9.89. The van der Waals surface area contributed by atoms with Crippen molar-refractivity contribution in [3.63, 3.8) is 0 Å². The van der Waals surface area contributed by atoms with Crippen LogP contribution in [-0.2, 0) is 4.79 Å². The Hall–Kier alpha value is -1.36. The van der Waals surface area contributed by atoms with E-state index in [-0.39, 0.29) is 11.8 Å². The van der Waals surface area contributed by atoms with Gasteiger partial charge >= 0.3 is 0 Å². The van der Waals surface area contributed by atoms with Gasteiger partial charge in [-0.1, -0.05) is 12.8 Å². The molecule has 4 fully saturated rings. The van der Waals surface area contributed by atoms with Gasteiger partial charge in [0.2, 0.25) is 5.91 Å². The van der Waals surface area contributed by atoms with E-state index in [1.165, 1.54) is 70.9 Å². The summed E-state index contributed by atoms with van der Waals surface area (Å²) < 4.78 is 0. The van der Waals surface area contributed by atoms with Crippen molar-refractivity contribution in [2.24, 2.45) is 17.3 Å². The van der Waals surface area contributed by atoms with Crippen LogP contribution in [0.15, 0.2) is 6.20 Å². The summed E-state index contributed by atoms with van der Waals surface area (Å²) in [6, 6.07) is 0. The average Bonchev–Trinajstić information content (AvgIpc) is 3.46. The standard InChI is InChI=1S/C22H34N4O/c27-21(17-4-1-2-5-17)24-19-13-23-25-20(19)18-6-3-11-26(14-18)15-22-9-7-16(12-22)8-10-22/h13,16-18H,1-12,14-15H2,(H,23,25)(H,24,27). The monoisotopic (exact) mass is 370 g/mol. The molecule has 5 heteroatoms. The van der Waals surface area contributed by atoms with E-state index in [1.54, 1.807) is 0 Å². The van der Waals surface area contributed by atoms with E-state index >= 15 is 0 Å². The lowest BCUT2D eigenvalue weighted by Gasteiger charge is -2.38. The molecule has 1 unspecified atom stereocenters. The van der Waals surface area contributed by atoms with Gasteiger partial charge in [-0.25, -0.2) is 0 Å². The Morgan fingerprint density at radius 1 is 1.19 bits per heavy atom. The van der Waals surface area contributed by atoms with Gasteiger partial charge in [0.25, 0.3) is 0 Å². The Morgan fingerprint density at radius 3 is 2.74 bits per heavy atom. The molecule has 1 saturated heterocycles. The van der Waals surface area contributed by atoms with Crippen LogP contribution < -0.4 is 5.32 Å². The fourth-order valence-corrected chi connectivity index (χ4v) is 6.57. The third kappa shape index (κ3) is 3.55. The highest BCUT2D eigenvalue weighted by atomic mass is 16.1. The van der Waals surface area contributed by atoms with E-state index in [4.69, 9.17) is 0 Å². The molecule has 1 aromatic heterocycles. The smallest absolute Gasteiger partial charge is 0.227 e. The second-order valence-electron chi connectivity index (χ2n) is 9.89. The number of aromatic nitrogens is 2. The molecule has 2 bridgehead atoms. The maximum atomic E-state index is 12.6. The van der Waals surface area contributed by atoms with Crippen molar-refractivity contribution < 1.29 is 4.79 Å². The molecular weight excluding hydrogens is 336 g/mol. The Labute approximate surface area is 162 Å². The highest BCUT2D eigenvalue weighted by Gasteiger charge is 2.45. The molecule has 1 aromatic rings. The number of hydrogen-bond donors (Lipinski definition) is 2. The fraction of sp³-hybridized carbons (Fsp3) is 0.818. The lowest BCUT2D eigenvalue weighted by Crippen LogP contribution is -2.41. The van der Waals surface area contributed by atoms with Crippen LogP contribution in [0.2, 0.25) is 0 Å². The van der Waals surface area contributed by atoms with Crippen molar-refractivity contribution >= 4 is 11.6 Å². The van der Waals surface area contributed by atoms with Crippen LogP contribution in [0.1, 0.15) is 82.2 Å². The molecule has 4 aliphatic rings. The Balaban J connectivity index is 1.23. The maximum Gasteiger partial charge on any atom is 0.227 e. The summed E-state index contributed by atoms with van der Waals surface area (Å²) in [7, 11) is 0. The first-order valence-electron chi connectivity index (χ1n) is 11.3.